The summed E-state index contributed by atoms with van der Waals surface area (Å²) in [6, 6.07) is 2.13. The summed E-state index contributed by atoms with van der Waals surface area (Å²) in [5, 5.41) is 4.32. The van der Waals surface area contributed by atoms with Crippen LogP contribution in [0.4, 0.5) is 0 Å². The fourth-order valence-electron chi connectivity index (χ4n) is 1.24. The molecule has 0 radical (unpaired) electrons. The Labute approximate surface area is 73.6 Å². The van der Waals surface area contributed by atoms with E-state index in [1.54, 1.807) is 0 Å². The van der Waals surface area contributed by atoms with Crippen LogP contribution in [0.25, 0.3) is 0 Å². The first-order valence-corrected chi connectivity index (χ1v) is 4.43. The van der Waals surface area contributed by atoms with Gasteiger partial charge in [0.25, 0.3) is 0 Å². The molecule has 1 atom stereocenters. The SMILES string of the molecule is CCCc1cc(C(C)N)nn1C. The van der Waals surface area contributed by atoms with Crippen molar-refractivity contribution in [3.63, 3.8) is 0 Å². The van der Waals surface area contributed by atoms with Gasteiger partial charge in [0.1, 0.15) is 0 Å². The summed E-state index contributed by atoms with van der Waals surface area (Å²) < 4.78 is 1.92. The molecule has 3 nitrogen and oxygen atoms in total. The van der Waals surface area contributed by atoms with E-state index in [0.717, 1.165) is 18.5 Å². The van der Waals surface area contributed by atoms with Gasteiger partial charge in [0, 0.05) is 18.8 Å². The van der Waals surface area contributed by atoms with E-state index in [1.807, 2.05) is 18.7 Å². The van der Waals surface area contributed by atoms with Crippen molar-refractivity contribution < 1.29 is 0 Å². The number of hydrogen-bond acceptors (Lipinski definition) is 2. The van der Waals surface area contributed by atoms with Gasteiger partial charge in [-0.25, -0.2) is 0 Å². The van der Waals surface area contributed by atoms with E-state index in [9.17, 15) is 0 Å². The summed E-state index contributed by atoms with van der Waals surface area (Å²) in [5.74, 6) is 0. The molecule has 12 heavy (non-hydrogen) atoms. The Kier molecular flexibility index (Phi) is 2.87. The van der Waals surface area contributed by atoms with Crippen LogP contribution in [0.1, 0.15) is 37.7 Å². The normalized spacial score (nSPS) is 13.3. The molecule has 1 aromatic rings. The van der Waals surface area contributed by atoms with Gasteiger partial charge >= 0.3 is 0 Å². The Morgan fingerprint density at radius 1 is 1.67 bits per heavy atom. The van der Waals surface area contributed by atoms with Gasteiger partial charge in [0.15, 0.2) is 0 Å². The van der Waals surface area contributed by atoms with Crippen molar-refractivity contribution in [2.45, 2.75) is 32.7 Å². The van der Waals surface area contributed by atoms with Crippen LogP contribution in [0.2, 0.25) is 0 Å². The molecule has 0 aliphatic rings. The molecule has 0 spiro atoms. The maximum atomic E-state index is 5.72. The number of hydrogen-bond donors (Lipinski definition) is 1. The second-order valence-corrected chi connectivity index (χ2v) is 3.22. The van der Waals surface area contributed by atoms with Crippen LogP contribution in [0.5, 0.6) is 0 Å². The third kappa shape index (κ3) is 1.85. The highest BCUT2D eigenvalue weighted by atomic mass is 15.3. The highest BCUT2D eigenvalue weighted by Gasteiger charge is 2.06. The molecule has 0 fully saturated rings. The summed E-state index contributed by atoms with van der Waals surface area (Å²) in [6.07, 6.45) is 2.23. The summed E-state index contributed by atoms with van der Waals surface area (Å²) in [7, 11) is 1.97. The fourth-order valence-corrected chi connectivity index (χ4v) is 1.24. The number of rotatable bonds is 3. The lowest BCUT2D eigenvalue weighted by Crippen LogP contribution is -2.06. The van der Waals surface area contributed by atoms with Crippen molar-refractivity contribution in [3.05, 3.63) is 17.5 Å². The first-order chi connectivity index (χ1) is 5.65. The number of aryl methyl sites for hydroxylation is 2. The number of nitrogens with zero attached hydrogens (tertiary/aromatic N) is 2. The van der Waals surface area contributed by atoms with Crippen LogP contribution < -0.4 is 5.73 Å². The Hall–Kier alpha value is -0.830. The quantitative estimate of drug-likeness (QED) is 0.739. The molecule has 1 rings (SSSR count). The molecule has 1 unspecified atom stereocenters. The molecule has 0 aromatic carbocycles. The predicted molar refractivity (Wildman–Crippen MR) is 49.8 cm³/mol. The molecule has 0 aliphatic carbocycles. The van der Waals surface area contributed by atoms with Gasteiger partial charge in [-0.3, -0.25) is 4.68 Å². The molecule has 2 N–H and O–H groups in total. The molecule has 0 bridgehead atoms. The minimum absolute atomic E-state index is 0.0433. The predicted octanol–water partition coefficient (Wildman–Crippen LogP) is 1.39. The maximum Gasteiger partial charge on any atom is 0.0791 e. The van der Waals surface area contributed by atoms with Crippen molar-refractivity contribution in [3.8, 4) is 0 Å². The average molecular weight is 167 g/mol. The van der Waals surface area contributed by atoms with Crippen LogP contribution in [0.3, 0.4) is 0 Å². The standard InChI is InChI=1S/C9H17N3/c1-4-5-8-6-9(7(2)10)11-12(8)3/h6-7H,4-5,10H2,1-3H3. The Morgan fingerprint density at radius 2 is 2.33 bits per heavy atom. The monoisotopic (exact) mass is 167 g/mol. The molecule has 68 valence electrons. The maximum absolute atomic E-state index is 5.72. The van der Waals surface area contributed by atoms with E-state index in [2.05, 4.69) is 18.1 Å². The van der Waals surface area contributed by atoms with Crippen LogP contribution in [0, 0.1) is 0 Å². The van der Waals surface area contributed by atoms with E-state index < -0.39 is 0 Å². The molecule has 0 saturated heterocycles. The molecular weight excluding hydrogens is 150 g/mol. The van der Waals surface area contributed by atoms with E-state index in [-0.39, 0.29) is 6.04 Å². The lowest BCUT2D eigenvalue weighted by molar-refractivity contribution is 0.667. The molecule has 1 heterocycles. The van der Waals surface area contributed by atoms with Gasteiger partial charge in [-0.05, 0) is 19.4 Å². The average Bonchev–Trinajstić information content (AvgIpc) is 2.34. The minimum Gasteiger partial charge on any atom is -0.323 e. The van der Waals surface area contributed by atoms with E-state index in [4.69, 9.17) is 5.73 Å². The Balaban J connectivity index is 2.85. The first kappa shape index (κ1) is 9.26. The highest BCUT2D eigenvalue weighted by molar-refractivity contribution is 5.12. The van der Waals surface area contributed by atoms with Gasteiger partial charge < -0.3 is 5.73 Å². The molecule has 0 saturated carbocycles. The smallest absolute Gasteiger partial charge is 0.0791 e. The largest absolute Gasteiger partial charge is 0.323 e. The fraction of sp³-hybridized carbons (Fsp3) is 0.667. The Morgan fingerprint density at radius 3 is 2.75 bits per heavy atom. The molecule has 0 aliphatic heterocycles. The topological polar surface area (TPSA) is 43.8 Å². The molecule has 0 amide bonds. The van der Waals surface area contributed by atoms with Crippen molar-refractivity contribution >= 4 is 0 Å². The van der Waals surface area contributed by atoms with Gasteiger partial charge in [0.2, 0.25) is 0 Å². The van der Waals surface area contributed by atoms with Gasteiger partial charge in [-0.2, -0.15) is 5.10 Å². The lowest BCUT2D eigenvalue weighted by atomic mass is 10.2. The second kappa shape index (κ2) is 3.72. The van der Waals surface area contributed by atoms with Gasteiger partial charge in [0.05, 0.1) is 5.69 Å². The van der Waals surface area contributed by atoms with Crippen LogP contribution >= 0.6 is 0 Å². The third-order valence-corrected chi connectivity index (χ3v) is 1.97. The van der Waals surface area contributed by atoms with E-state index in [1.165, 1.54) is 5.69 Å². The first-order valence-electron chi connectivity index (χ1n) is 4.43. The lowest BCUT2D eigenvalue weighted by Gasteiger charge is -1.96. The number of nitrogens with two attached hydrogens (primary N) is 1. The van der Waals surface area contributed by atoms with Gasteiger partial charge in [-0.1, -0.05) is 13.3 Å². The summed E-state index contributed by atoms with van der Waals surface area (Å²) in [6.45, 7) is 4.12. The summed E-state index contributed by atoms with van der Waals surface area (Å²) in [4.78, 5) is 0. The summed E-state index contributed by atoms with van der Waals surface area (Å²) >= 11 is 0. The number of aromatic nitrogens is 2. The van der Waals surface area contributed by atoms with Crippen LogP contribution in [-0.4, -0.2) is 9.78 Å². The van der Waals surface area contributed by atoms with Crippen LogP contribution in [0.15, 0.2) is 6.07 Å². The zero-order valence-corrected chi connectivity index (χ0v) is 8.04. The molecule has 1 aromatic heterocycles. The highest BCUT2D eigenvalue weighted by Crippen LogP contribution is 2.10. The van der Waals surface area contributed by atoms with Crippen molar-refractivity contribution in [2.75, 3.05) is 0 Å². The molecular formula is C9H17N3. The van der Waals surface area contributed by atoms with Crippen molar-refractivity contribution in [2.24, 2.45) is 12.8 Å². The second-order valence-electron chi connectivity index (χ2n) is 3.22. The van der Waals surface area contributed by atoms with Crippen molar-refractivity contribution in [1.29, 1.82) is 0 Å². The summed E-state index contributed by atoms with van der Waals surface area (Å²) in [5.41, 5.74) is 7.97. The Bertz CT molecular complexity index is 250. The van der Waals surface area contributed by atoms with Crippen molar-refractivity contribution in [1.82, 2.24) is 9.78 Å². The van der Waals surface area contributed by atoms with Crippen LogP contribution in [-0.2, 0) is 13.5 Å². The molecule has 3 heteroatoms. The van der Waals surface area contributed by atoms with E-state index in [0.29, 0.717) is 0 Å². The van der Waals surface area contributed by atoms with Gasteiger partial charge in [-0.15, -0.1) is 0 Å². The minimum atomic E-state index is 0.0433. The zero-order chi connectivity index (χ0) is 9.14. The van der Waals surface area contributed by atoms with E-state index >= 15 is 0 Å². The third-order valence-electron chi connectivity index (χ3n) is 1.97. The zero-order valence-electron chi connectivity index (χ0n) is 8.04.